The maximum atomic E-state index is 10.7. The zero-order chi connectivity index (χ0) is 7.11. The van der Waals surface area contributed by atoms with Crippen LogP contribution in [0.4, 0.5) is 0 Å². The molecule has 2 nitrogen and oxygen atoms in total. The summed E-state index contributed by atoms with van der Waals surface area (Å²) < 4.78 is 0. The summed E-state index contributed by atoms with van der Waals surface area (Å²) in [6, 6.07) is 1.94. The van der Waals surface area contributed by atoms with Crippen molar-refractivity contribution in [2.75, 3.05) is 0 Å². The molecule has 0 aromatic carbocycles. The fourth-order valence-corrected chi connectivity index (χ4v) is 0.599. The summed E-state index contributed by atoms with van der Waals surface area (Å²) in [5.41, 5.74) is 0. The van der Waals surface area contributed by atoms with E-state index in [1.807, 2.05) is 13.0 Å². The van der Waals surface area contributed by atoms with Crippen LogP contribution >= 0.6 is 0 Å². The van der Waals surface area contributed by atoms with Crippen molar-refractivity contribution >= 4 is 5.78 Å². The van der Waals surface area contributed by atoms with Gasteiger partial charge in [-0.1, -0.05) is 6.92 Å². The summed E-state index contributed by atoms with van der Waals surface area (Å²) in [5, 5.41) is 8.08. The molecular weight excluding hydrogens is 114 g/mol. The first-order chi connectivity index (χ1) is 4.31. The Labute approximate surface area is 55.5 Å². The highest BCUT2D eigenvalue weighted by atomic mass is 16.1. The fourth-order valence-electron chi connectivity index (χ4n) is 0.599. The zero-order valence-corrected chi connectivity index (χ0v) is 5.68. The third-order valence-corrected chi connectivity index (χ3v) is 1.04. The molecule has 0 atom stereocenters. The van der Waals surface area contributed by atoms with E-state index >= 15 is 0 Å². The lowest BCUT2D eigenvalue weighted by molar-refractivity contribution is -0.119. The number of Topliss-reactive ketones (excluding diaryl/α,β-unsaturated/α-hetero) is 1. The van der Waals surface area contributed by atoms with Crippen LogP contribution in [0.5, 0.6) is 0 Å². The second-order valence-electron chi connectivity index (χ2n) is 1.95. The predicted molar refractivity (Wildman–Crippen MR) is 34.8 cm³/mol. The normalized spacial score (nSPS) is 8.44. The van der Waals surface area contributed by atoms with Crippen LogP contribution in [0.3, 0.4) is 0 Å². The van der Waals surface area contributed by atoms with Crippen LogP contribution in [0, 0.1) is 11.3 Å². The molecule has 0 radical (unpaired) electrons. The second-order valence-corrected chi connectivity index (χ2v) is 1.95. The topological polar surface area (TPSA) is 40.9 Å². The van der Waals surface area contributed by atoms with E-state index in [9.17, 15) is 4.79 Å². The second kappa shape index (κ2) is 5.30. The molecular formula is C7H11NO. The van der Waals surface area contributed by atoms with Gasteiger partial charge < -0.3 is 0 Å². The maximum absolute atomic E-state index is 10.7. The number of ketones is 1. The first-order valence-electron chi connectivity index (χ1n) is 3.20. The highest BCUT2D eigenvalue weighted by Crippen LogP contribution is 1.95. The fraction of sp³-hybridized carbons (Fsp3) is 0.714. The Bertz CT molecular complexity index is 123. The molecule has 50 valence electrons. The smallest absolute Gasteiger partial charge is 0.133 e. The molecule has 0 rings (SSSR count). The summed E-state index contributed by atoms with van der Waals surface area (Å²) in [5.74, 6) is 0.207. The quantitative estimate of drug-likeness (QED) is 0.573. The number of carbonyl (C=O) groups excluding carboxylic acids is 1. The van der Waals surface area contributed by atoms with Gasteiger partial charge in [0, 0.05) is 19.3 Å². The molecule has 0 fully saturated rings. The number of hydrogen-bond acceptors (Lipinski definition) is 2. The number of rotatable bonds is 4. The van der Waals surface area contributed by atoms with Crippen molar-refractivity contribution in [2.45, 2.75) is 32.6 Å². The molecule has 0 aromatic heterocycles. The molecule has 0 heterocycles. The van der Waals surface area contributed by atoms with E-state index in [2.05, 4.69) is 0 Å². The van der Waals surface area contributed by atoms with Crippen molar-refractivity contribution in [1.82, 2.24) is 0 Å². The van der Waals surface area contributed by atoms with Crippen LogP contribution in [0.25, 0.3) is 0 Å². The van der Waals surface area contributed by atoms with E-state index in [1.54, 1.807) is 0 Å². The zero-order valence-electron chi connectivity index (χ0n) is 5.68. The molecule has 0 amide bonds. The Kier molecular flexibility index (Phi) is 4.81. The van der Waals surface area contributed by atoms with E-state index in [0.29, 0.717) is 19.3 Å². The first-order valence-corrected chi connectivity index (χ1v) is 3.20. The van der Waals surface area contributed by atoms with Gasteiger partial charge in [-0.2, -0.15) is 5.26 Å². The van der Waals surface area contributed by atoms with Gasteiger partial charge in [0.05, 0.1) is 6.07 Å². The number of nitriles is 1. The van der Waals surface area contributed by atoms with Gasteiger partial charge in [0.1, 0.15) is 5.78 Å². The summed E-state index contributed by atoms with van der Waals surface area (Å²) in [4.78, 5) is 10.7. The number of hydrogen-bond donors (Lipinski definition) is 0. The van der Waals surface area contributed by atoms with Gasteiger partial charge in [0.25, 0.3) is 0 Å². The van der Waals surface area contributed by atoms with Crippen LogP contribution in [0.1, 0.15) is 32.6 Å². The van der Waals surface area contributed by atoms with Gasteiger partial charge in [0.2, 0.25) is 0 Å². The van der Waals surface area contributed by atoms with E-state index in [0.717, 1.165) is 6.42 Å². The van der Waals surface area contributed by atoms with E-state index in [1.165, 1.54) is 0 Å². The number of carbonyl (C=O) groups is 1. The molecule has 0 aromatic rings. The maximum Gasteiger partial charge on any atom is 0.133 e. The minimum atomic E-state index is 0.207. The summed E-state index contributed by atoms with van der Waals surface area (Å²) in [7, 11) is 0. The van der Waals surface area contributed by atoms with Gasteiger partial charge in [-0.3, -0.25) is 4.79 Å². The molecule has 0 saturated heterocycles. The third kappa shape index (κ3) is 5.02. The largest absolute Gasteiger partial charge is 0.300 e. The molecule has 9 heavy (non-hydrogen) atoms. The molecule has 2 heteroatoms. The summed E-state index contributed by atoms with van der Waals surface area (Å²) >= 11 is 0. The van der Waals surface area contributed by atoms with Crippen molar-refractivity contribution in [3.05, 3.63) is 0 Å². The number of nitrogens with zero attached hydrogens (tertiary/aromatic N) is 1. The average Bonchev–Trinajstić information content (AvgIpc) is 1.85. The lowest BCUT2D eigenvalue weighted by Gasteiger charge is -1.90. The van der Waals surface area contributed by atoms with Gasteiger partial charge in [-0.15, -0.1) is 0 Å². The predicted octanol–water partition coefficient (Wildman–Crippen LogP) is 1.66. The Morgan fingerprint density at radius 1 is 1.56 bits per heavy atom. The lowest BCUT2D eigenvalue weighted by atomic mass is 10.1. The van der Waals surface area contributed by atoms with Crippen LogP contribution < -0.4 is 0 Å². The Balaban J connectivity index is 3.19. The molecule has 0 aliphatic carbocycles. The highest BCUT2D eigenvalue weighted by Gasteiger charge is 1.96. The summed E-state index contributed by atoms with van der Waals surface area (Å²) in [6.45, 7) is 1.96. The van der Waals surface area contributed by atoms with Gasteiger partial charge in [-0.05, 0) is 6.42 Å². The molecule has 0 spiro atoms. The third-order valence-electron chi connectivity index (χ3n) is 1.04. The first kappa shape index (κ1) is 8.16. The van der Waals surface area contributed by atoms with Crippen LogP contribution in [0.2, 0.25) is 0 Å². The minimum Gasteiger partial charge on any atom is -0.300 e. The van der Waals surface area contributed by atoms with Gasteiger partial charge in [0.15, 0.2) is 0 Å². The summed E-state index contributed by atoms with van der Waals surface area (Å²) in [6.07, 6.45) is 2.33. The lowest BCUT2D eigenvalue weighted by Crippen LogP contribution is -1.94. The van der Waals surface area contributed by atoms with Crippen molar-refractivity contribution in [1.29, 1.82) is 5.26 Å². The van der Waals surface area contributed by atoms with E-state index in [-0.39, 0.29) is 5.78 Å². The average molecular weight is 125 g/mol. The monoisotopic (exact) mass is 125 g/mol. The Hall–Kier alpha value is -0.840. The van der Waals surface area contributed by atoms with Crippen LogP contribution in [-0.4, -0.2) is 5.78 Å². The standard InChI is InChI=1S/C7H11NO/c1-2-4-7(9)5-3-6-8/h2-5H2,1H3. The van der Waals surface area contributed by atoms with Crippen molar-refractivity contribution < 1.29 is 4.79 Å². The minimum absolute atomic E-state index is 0.207. The Morgan fingerprint density at radius 3 is 2.67 bits per heavy atom. The molecule has 0 aliphatic heterocycles. The van der Waals surface area contributed by atoms with Crippen molar-refractivity contribution in [3.8, 4) is 6.07 Å². The molecule has 0 N–H and O–H groups in total. The molecule has 0 unspecified atom stereocenters. The van der Waals surface area contributed by atoms with Crippen molar-refractivity contribution in [2.24, 2.45) is 0 Å². The molecule has 0 saturated carbocycles. The van der Waals surface area contributed by atoms with Crippen molar-refractivity contribution in [3.63, 3.8) is 0 Å². The van der Waals surface area contributed by atoms with Crippen LogP contribution in [-0.2, 0) is 4.79 Å². The Morgan fingerprint density at radius 2 is 2.22 bits per heavy atom. The van der Waals surface area contributed by atoms with Gasteiger partial charge >= 0.3 is 0 Å². The highest BCUT2D eigenvalue weighted by molar-refractivity contribution is 5.78. The van der Waals surface area contributed by atoms with E-state index < -0.39 is 0 Å². The molecule has 0 aliphatic rings. The van der Waals surface area contributed by atoms with Gasteiger partial charge in [-0.25, -0.2) is 0 Å². The SMILES string of the molecule is CCCC(=O)CCC#N. The molecule has 0 bridgehead atoms. The van der Waals surface area contributed by atoms with Crippen LogP contribution in [0.15, 0.2) is 0 Å². The van der Waals surface area contributed by atoms with E-state index in [4.69, 9.17) is 5.26 Å².